The fourth-order valence-electron chi connectivity index (χ4n) is 3.08. The van der Waals surface area contributed by atoms with Gasteiger partial charge in [0.15, 0.2) is 0 Å². The lowest BCUT2D eigenvalue weighted by molar-refractivity contribution is 0.0929. The molecule has 6 nitrogen and oxygen atoms in total. The third-order valence-electron chi connectivity index (χ3n) is 4.28. The highest BCUT2D eigenvalue weighted by molar-refractivity contribution is 5.95. The summed E-state index contributed by atoms with van der Waals surface area (Å²) in [6.07, 6.45) is 5.23. The van der Waals surface area contributed by atoms with E-state index in [-0.39, 0.29) is 11.9 Å². The molecule has 3 heterocycles. The number of aromatic nitrogens is 2. The molecule has 3 rings (SSSR count). The van der Waals surface area contributed by atoms with Crippen molar-refractivity contribution < 1.29 is 9.21 Å². The number of rotatable bonds is 3. The largest absolute Gasteiger partial charge is 0.466 e. The van der Waals surface area contributed by atoms with Crippen LogP contribution in [-0.2, 0) is 0 Å². The highest BCUT2D eigenvalue weighted by Crippen LogP contribution is 2.21. The Bertz CT molecular complexity index is 702. The molecular formula is C17H22N4O2. The number of anilines is 1. The zero-order chi connectivity index (χ0) is 16.4. The summed E-state index contributed by atoms with van der Waals surface area (Å²) in [5.41, 5.74) is 1.72. The number of nitrogens with one attached hydrogen (secondary N) is 1. The van der Waals surface area contributed by atoms with Crippen molar-refractivity contribution in [3.8, 4) is 0 Å². The third kappa shape index (κ3) is 3.36. The van der Waals surface area contributed by atoms with Gasteiger partial charge in [0.1, 0.15) is 23.7 Å². The summed E-state index contributed by atoms with van der Waals surface area (Å²) in [5, 5.41) is 3.12. The maximum Gasteiger partial charge on any atom is 0.255 e. The van der Waals surface area contributed by atoms with Crippen molar-refractivity contribution in [3.63, 3.8) is 0 Å². The smallest absolute Gasteiger partial charge is 0.255 e. The van der Waals surface area contributed by atoms with Crippen LogP contribution in [0.1, 0.15) is 40.3 Å². The first-order chi connectivity index (χ1) is 11.0. The summed E-state index contributed by atoms with van der Waals surface area (Å²) in [6, 6.07) is 1.99. The lowest BCUT2D eigenvalue weighted by Crippen LogP contribution is -2.45. The minimum Gasteiger partial charge on any atom is -0.466 e. The molecule has 122 valence electrons. The van der Waals surface area contributed by atoms with E-state index in [9.17, 15) is 4.79 Å². The number of amides is 1. The maximum absolute atomic E-state index is 12.3. The van der Waals surface area contributed by atoms with E-state index in [0.29, 0.717) is 11.3 Å². The Kier molecular flexibility index (Phi) is 4.32. The second kappa shape index (κ2) is 6.40. The molecule has 1 amide bonds. The fraction of sp³-hybridized carbons (Fsp3) is 0.471. The number of hydrogen-bond acceptors (Lipinski definition) is 5. The van der Waals surface area contributed by atoms with Gasteiger partial charge < -0.3 is 14.6 Å². The Balaban J connectivity index is 1.58. The molecule has 2 aromatic heterocycles. The Labute approximate surface area is 135 Å². The number of carbonyl (C=O) groups excluding carboxylic acids is 1. The Morgan fingerprint density at radius 1 is 1.30 bits per heavy atom. The van der Waals surface area contributed by atoms with Gasteiger partial charge in [-0.15, -0.1) is 0 Å². The Morgan fingerprint density at radius 2 is 2.04 bits per heavy atom. The van der Waals surface area contributed by atoms with Crippen molar-refractivity contribution >= 4 is 11.7 Å². The number of furan rings is 1. The van der Waals surface area contributed by atoms with E-state index >= 15 is 0 Å². The van der Waals surface area contributed by atoms with E-state index in [2.05, 4.69) is 20.2 Å². The fourth-order valence-corrected chi connectivity index (χ4v) is 3.08. The SMILES string of the molecule is Cc1cc(C(=O)NC2CCN(c3ncncc3C)CC2)c(C)o1. The third-order valence-corrected chi connectivity index (χ3v) is 4.28. The second-order valence-corrected chi connectivity index (χ2v) is 6.09. The lowest BCUT2D eigenvalue weighted by atomic mass is 10.0. The molecule has 0 unspecified atom stereocenters. The zero-order valence-corrected chi connectivity index (χ0v) is 13.8. The van der Waals surface area contributed by atoms with Gasteiger partial charge in [0.2, 0.25) is 0 Å². The summed E-state index contributed by atoms with van der Waals surface area (Å²) in [6.45, 7) is 7.46. The van der Waals surface area contributed by atoms with Crippen LogP contribution in [0.2, 0.25) is 0 Å². The highest BCUT2D eigenvalue weighted by Gasteiger charge is 2.24. The van der Waals surface area contributed by atoms with Crippen LogP contribution in [0.4, 0.5) is 5.82 Å². The molecule has 1 aliphatic rings. The molecule has 0 aromatic carbocycles. The molecule has 0 radical (unpaired) electrons. The van der Waals surface area contributed by atoms with Crippen LogP contribution in [-0.4, -0.2) is 35.0 Å². The first kappa shape index (κ1) is 15.5. The number of aryl methyl sites for hydroxylation is 3. The molecule has 0 bridgehead atoms. The average molecular weight is 314 g/mol. The van der Waals surface area contributed by atoms with Gasteiger partial charge in [0.25, 0.3) is 5.91 Å². The number of carbonyl (C=O) groups is 1. The van der Waals surface area contributed by atoms with Gasteiger partial charge in [0.05, 0.1) is 5.56 Å². The summed E-state index contributed by atoms with van der Waals surface area (Å²) in [5.74, 6) is 2.39. The first-order valence-electron chi connectivity index (χ1n) is 7.94. The van der Waals surface area contributed by atoms with Crippen LogP contribution in [0.15, 0.2) is 23.0 Å². The first-order valence-corrected chi connectivity index (χ1v) is 7.94. The van der Waals surface area contributed by atoms with Crippen molar-refractivity contribution in [3.05, 3.63) is 41.2 Å². The van der Waals surface area contributed by atoms with Crippen molar-refractivity contribution in [1.29, 1.82) is 0 Å². The van der Waals surface area contributed by atoms with Gasteiger partial charge in [0, 0.05) is 30.9 Å². The summed E-state index contributed by atoms with van der Waals surface area (Å²) in [4.78, 5) is 23.0. The molecule has 1 fully saturated rings. The van der Waals surface area contributed by atoms with Crippen molar-refractivity contribution in [2.24, 2.45) is 0 Å². The van der Waals surface area contributed by atoms with Gasteiger partial charge >= 0.3 is 0 Å². The topological polar surface area (TPSA) is 71.3 Å². The lowest BCUT2D eigenvalue weighted by Gasteiger charge is -2.33. The van der Waals surface area contributed by atoms with Crippen LogP contribution in [0, 0.1) is 20.8 Å². The normalized spacial score (nSPS) is 15.7. The Morgan fingerprint density at radius 3 is 2.65 bits per heavy atom. The molecule has 0 saturated carbocycles. The maximum atomic E-state index is 12.3. The number of hydrogen-bond donors (Lipinski definition) is 1. The van der Waals surface area contributed by atoms with Crippen molar-refractivity contribution in [2.75, 3.05) is 18.0 Å². The van der Waals surface area contributed by atoms with E-state index in [4.69, 9.17) is 4.42 Å². The monoisotopic (exact) mass is 314 g/mol. The summed E-state index contributed by atoms with van der Waals surface area (Å²) >= 11 is 0. The van der Waals surface area contributed by atoms with E-state index < -0.39 is 0 Å². The number of piperidine rings is 1. The molecule has 0 atom stereocenters. The van der Waals surface area contributed by atoms with Crippen LogP contribution in [0.25, 0.3) is 0 Å². The minimum absolute atomic E-state index is 0.0454. The number of nitrogens with zero attached hydrogens (tertiary/aromatic N) is 3. The quantitative estimate of drug-likeness (QED) is 0.942. The van der Waals surface area contributed by atoms with Gasteiger partial charge in [-0.3, -0.25) is 4.79 Å². The van der Waals surface area contributed by atoms with Crippen molar-refractivity contribution in [1.82, 2.24) is 15.3 Å². The summed E-state index contributed by atoms with van der Waals surface area (Å²) < 4.78 is 5.43. The van der Waals surface area contributed by atoms with Crippen LogP contribution < -0.4 is 10.2 Å². The highest BCUT2D eigenvalue weighted by atomic mass is 16.3. The molecule has 1 saturated heterocycles. The van der Waals surface area contributed by atoms with Gasteiger partial charge in [-0.25, -0.2) is 9.97 Å². The minimum atomic E-state index is -0.0454. The Hall–Kier alpha value is -2.37. The molecule has 0 aliphatic carbocycles. The zero-order valence-electron chi connectivity index (χ0n) is 13.8. The second-order valence-electron chi connectivity index (χ2n) is 6.09. The molecule has 1 N–H and O–H groups in total. The van der Waals surface area contributed by atoms with Gasteiger partial charge in [-0.2, -0.15) is 0 Å². The standard InChI is InChI=1S/C17H22N4O2/c1-11-9-18-10-19-16(11)21-6-4-14(5-7-21)20-17(22)15-8-12(2)23-13(15)3/h8-10,14H,4-7H2,1-3H3,(H,20,22). The average Bonchev–Trinajstić information content (AvgIpc) is 2.87. The molecule has 6 heteroatoms. The molecule has 23 heavy (non-hydrogen) atoms. The molecule has 2 aromatic rings. The predicted molar refractivity (Wildman–Crippen MR) is 87.7 cm³/mol. The molecule has 0 spiro atoms. The molecular weight excluding hydrogens is 292 g/mol. The van der Waals surface area contributed by atoms with E-state index in [0.717, 1.165) is 43.1 Å². The van der Waals surface area contributed by atoms with E-state index in [1.165, 1.54) is 0 Å². The van der Waals surface area contributed by atoms with Crippen LogP contribution in [0.3, 0.4) is 0 Å². The van der Waals surface area contributed by atoms with Crippen LogP contribution >= 0.6 is 0 Å². The summed E-state index contributed by atoms with van der Waals surface area (Å²) in [7, 11) is 0. The van der Waals surface area contributed by atoms with E-state index in [1.54, 1.807) is 12.4 Å². The predicted octanol–water partition coefficient (Wildman–Crippen LogP) is 2.39. The van der Waals surface area contributed by atoms with E-state index in [1.807, 2.05) is 27.0 Å². The van der Waals surface area contributed by atoms with Gasteiger partial charge in [-0.1, -0.05) is 0 Å². The van der Waals surface area contributed by atoms with Gasteiger partial charge in [-0.05, 0) is 39.7 Å². The van der Waals surface area contributed by atoms with Crippen molar-refractivity contribution in [2.45, 2.75) is 39.7 Å². The van der Waals surface area contributed by atoms with Crippen LogP contribution in [0.5, 0.6) is 0 Å². The molecule has 1 aliphatic heterocycles.